The van der Waals surface area contributed by atoms with Crippen LogP contribution in [0.25, 0.3) is 0 Å². The molecule has 0 unspecified atom stereocenters. The zero-order chi connectivity index (χ0) is 30.1. The van der Waals surface area contributed by atoms with E-state index >= 15 is 0 Å². The molecular formula is C31H34N4O6S2. The molecule has 226 valence electrons. The normalized spacial score (nSPS) is 16.9. The number of hydrogen-bond acceptors (Lipinski definition) is 7. The van der Waals surface area contributed by atoms with Crippen molar-refractivity contribution in [3.8, 4) is 0 Å². The minimum atomic E-state index is -3.74. The molecule has 0 radical (unpaired) electrons. The molecule has 4 heterocycles. The summed E-state index contributed by atoms with van der Waals surface area (Å²) in [6.07, 6.45) is 2.62. The highest BCUT2D eigenvalue weighted by Gasteiger charge is 2.34. The first-order valence-corrected chi connectivity index (χ1v) is 16.9. The Balaban J connectivity index is 1.22. The highest BCUT2D eigenvalue weighted by atomic mass is 32.2. The lowest BCUT2D eigenvalue weighted by Crippen LogP contribution is -2.36. The van der Waals surface area contributed by atoms with Crippen LogP contribution in [0, 0.1) is 0 Å². The number of ether oxygens (including phenoxy) is 1. The second-order valence-electron chi connectivity index (χ2n) is 10.9. The van der Waals surface area contributed by atoms with E-state index in [-0.39, 0.29) is 23.0 Å². The predicted octanol–water partition coefficient (Wildman–Crippen LogP) is 4.50. The van der Waals surface area contributed by atoms with Crippen molar-refractivity contribution in [2.45, 2.75) is 50.6 Å². The lowest BCUT2D eigenvalue weighted by atomic mass is 10.0. The van der Waals surface area contributed by atoms with E-state index in [0.29, 0.717) is 62.7 Å². The number of sulfonamides is 1. The lowest BCUT2D eigenvalue weighted by Gasteiger charge is -2.28. The van der Waals surface area contributed by atoms with Gasteiger partial charge < -0.3 is 19.9 Å². The molecule has 0 spiro atoms. The van der Waals surface area contributed by atoms with Gasteiger partial charge in [-0.05, 0) is 73.6 Å². The Morgan fingerprint density at radius 3 is 2.33 bits per heavy atom. The average Bonchev–Trinajstić information content (AvgIpc) is 3.69. The van der Waals surface area contributed by atoms with E-state index in [2.05, 4.69) is 5.32 Å². The molecule has 6 rings (SSSR count). The molecule has 1 fully saturated rings. The molecule has 1 saturated heterocycles. The summed E-state index contributed by atoms with van der Waals surface area (Å²) in [6, 6.07) is 13.8. The molecule has 12 heteroatoms. The van der Waals surface area contributed by atoms with Crippen LogP contribution in [0.2, 0.25) is 0 Å². The third kappa shape index (κ3) is 5.78. The Kier molecular flexibility index (Phi) is 8.25. The molecule has 3 aliphatic rings. The van der Waals surface area contributed by atoms with Gasteiger partial charge in [-0.1, -0.05) is 24.3 Å². The summed E-state index contributed by atoms with van der Waals surface area (Å²) in [5.41, 5.74) is 3.79. The molecule has 1 N–H and O–H groups in total. The van der Waals surface area contributed by atoms with Crippen molar-refractivity contribution in [3.63, 3.8) is 0 Å². The maximum absolute atomic E-state index is 13.6. The van der Waals surface area contributed by atoms with Crippen LogP contribution in [0.3, 0.4) is 0 Å². The second-order valence-corrected chi connectivity index (χ2v) is 14.0. The zero-order valence-electron chi connectivity index (χ0n) is 24.0. The van der Waals surface area contributed by atoms with E-state index in [4.69, 9.17) is 4.74 Å². The smallest absolute Gasteiger partial charge is 0.410 e. The molecule has 0 saturated carbocycles. The van der Waals surface area contributed by atoms with E-state index in [1.54, 1.807) is 11.8 Å². The maximum atomic E-state index is 13.6. The molecule has 0 aliphatic carbocycles. The van der Waals surface area contributed by atoms with Gasteiger partial charge in [-0.25, -0.2) is 13.2 Å². The Hall–Kier alpha value is -3.74. The van der Waals surface area contributed by atoms with Gasteiger partial charge in [0.1, 0.15) is 5.00 Å². The number of nitrogens with zero attached hydrogens (tertiary/aromatic N) is 3. The van der Waals surface area contributed by atoms with Crippen LogP contribution in [-0.2, 0) is 40.7 Å². The number of carbonyl (C=O) groups is 3. The van der Waals surface area contributed by atoms with Gasteiger partial charge in [-0.3, -0.25) is 9.59 Å². The maximum Gasteiger partial charge on any atom is 0.410 e. The first kappa shape index (κ1) is 29.3. The number of fused-ring (bicyclic) bond motifs is 2. The number of benzene rings is 2. The Morgan fingerprint density at radius 1 is 0.884 bits per heavy atom. The van der Waals surface area contributed by atoms with Crippen LogP contribution >= 0.6 is 11.3 Å². The molecule has 1 aromatic heterocycles. The highest BCUT2D eigenvalue weighted by Crippen LogP contribution is 2.39. The van der Waals surface area contributed by atoms with Gasteiger partial charge in [-0.15, -0.1) is 11.3 Å². The molecular weight excluding hydrogens is 588 g/mol. The van der Waals surface area contributed by atoms with Crippen LogP contribution < -0.4 is 5.32 Å². The summed E-state index contributed by atoms with van der Waals surface area (Å²) in [6.45, 7) is 4.82. The minimum absolute atomic E-state index is 0.112. The van der Waals surface area contributed by atoms with Crippen molar-refractivity contribution in [3.05, 3.63) is 81.2 Å². The van der Waals surface area contributed by atoms with Crippen molar-refractivity contribution in [2.75, 3.05) is 38.1 Å². The van der Waals surface area contributed by atoms with E-state index in [9.17, 15) is 22.8 Å². The number of hydrogen-bond donors (Lipinski definition) is 1. The van der Waals surface area contributed by atoms with Gasteiger partial charge in [0.05, 0.1) is 23.6 Å². The third-order valence-electron chi connectivity index (χ3n) is 8.27. The van der Waals surface area contributed by atoms with Crippen LogP contribution in [0.15, 0.2) is 53.4 Å². The second kappa shape index (κ2) is 12.1. The number of carbonyl (C=O) groups excluding carboxylic acids is 3. The average molecular weight is 623 g/mol. The van der Waals surface area contributed by atoms with E-state index in [1.165, 1.54) is 39.9 Å². The number of thiophene rings is 1. The zero-order valence-corrected chi connectivity index (χ0v) is 25.6. The van der Waals surface area contributed by atoms with Crippen LogP contribution in [0.4, 0.5) is 9.80 Å². The number of nitrogens with one attached hydrogen (secondary N) is 1. The number of anilines is 1. The molecule has 3 amide bonds. The van der Waals surface area contributed by atoms with Crippen molar-refractivity contribution < 1.29 is 27.5 Å². The quantitative estimate of drug-likeness (QED) is 0.433. The van der Waals surface area contributed by atoms with Gasteiger partial charge in [0.25, 0.3) is 11.8 Å². The lowest BCUT2D eigenvalue weighted by molar-refractivity contribution is 0.0792. The number of amides is 3. The van der Waals surface area contributed by atoms with E-state index in [0.717, 1.165) is 34.4 Å². The topological polar surface area (TPSA) is 116 Å². The molecule has 10 nitrogen and oxygen atoms in total. The van der Waals surface area contributed by atoms with E-state index < -0.39 is 22.0 Å². The Labute approximate surface area is 255 Å². The van der Waals surface area contributed by atoms with Crippen LogP contribution in [0.5, 0.6) is 0 Å². The predicted molar refractivity (Wildman–Crippen MR) is 163 cm³/mol. The fourth-order valence-corrected chi connectivity index (χ4v) is 8.61. The standard InChI is InChI=1S/C31H34N4O6S2/c1-2-41-31(38)34-17-14-25-26(20-34)42-29(27(25)30(37)33-15-5-6-16-33)32-28(36)22-9-11-24(12-10-22)43(39,40)35-18-13-21-7-3-4-8-23(21)19-35/h3-4,7-12H,2,5-6,13-20H2,1H3,(H,32,36). The molecule has 43 heavy (non-hydrogen) atoms. The van der Waals surface area contributed by atoms with Gasteiger partial charge in [0.2, 0.25) is 10.0 Å². The van der Waals surface area contributed by atoms with Gasteiger partial charge >= 0.3 is 6.09 Å². The van der Waals surface area contributed by atoms with Crippen molar-refractivity contribution in [2.24, 2.45) is 0 Å². The summed E-state index contributed by atoms with van der Waals surface area (Å²) < 4.78 is 33.4. The summed E-state index contributed by atoms with van der Waals surface area (Å²) >= 11 is 1.30. The minimum Gasteiger partial charge on any atom is -0.450 e. The van der Waals surface area contributed by atoms with Crippen molar-refractivity contribution in [1.82, 2.24) is 14.1 Å². The summed E-state index contributed by atoms with van der Waals surface area (Å²) in [4.78, 5) is 43.8. The van der Waals surface area contributed by atoms with Gasteiger partial charge in [0, 0.05) is 43.2 Å². The van der Waals surface area contributed by atoms with Crippen LogP contribution in [0.1, 0.15) is 62.0 Å². The highest BCUT2D eigenvalue weighted by molar-refractivity contribution is 7.89. The molecule has 2 aromatic carbocycles. The third-order valence-corrected chi connectivity index (χ3v) is 11.3. The fourth-order valence-electron chi connectivity index (χ4n) is 5.94. The van der Waals surface area contributed by atoms with Crippen molar-refractivity contribution >= 4 is 44.3 Å². The molecule has 3 aromatic rings. The van der Waals surface area contributed by atoms with Gasteiger partial charge in [-0.2, -0.15) is 4.31 Å². The van der Waals surface area contributed by atoms with Crippen LogP contribution in [-0.4, -0.2) is 73.2 Å². The van der Waals surface area contributed by atoms with Gasteiger partial charge in [0.15, 0.2) is 0 Å². The summed E-state index contributed by atoms with van der Waals surface area (Å²) in [5.74, 6) is -0.549. The first-order valence-electron chi connectivity index (χ1n) is 14.6. The molecule has 0 bridgehead atoms. The molecule has 3 aliphatic heterocycles. The first-order chi connectivity index (χ1) is 20.8. The van der Waals surface area contributed by atoms with Crippen molar-refractivity contribution in [1.29, 1.82) is 0 Å². The Bertz CT molecular complexity index is 1660. The Morgan fingerprint density at radius 2 is 1.60 bits per heavy atom. The largest absolute Gasteiger partial charge is 0.450 e. The number of likely N-dealkylation sites (tertiary alicyclic amines) is 1. The molecule has 0 atom stereocenters. The number of rotatable bonds is 6. The summed E-state index contributed by atoms with van der Waals surface area (Å²) in [5, 5.41) is 3.37. The SMILES string of the molecule is CCOC(=O)N1CCc2c(sc(NC(=O)c3ccc(S(=O)(=O)N4CCc5ccccc5C4)cc3)c2C(=O)N2CCCC2)C1. The monoisotopic (exact) mass is 622 g/mol. The summed E-state index contributed by atoms with van der Waals surface area (Å²) in [7, 11) is -3.74. The van der Waals surface area contributed by atoms with E-state index in [1.807, 2.05) is 29.2 Å². The fraction of sp³-hybridized carbons (Fsp3) is 0.387.